The van der Waals surface area contributed by atoms with E-state index in [-0.39, 0.29) is 54.6 Å². The Kier molecular flexibility index (Phi) is 17.5. The number of aromatic carboxylic acids is 1. The van der Waals surface area contributed by atoms with Gasteiger partial charge in [0.15, 0.2) is 0 Å². The van der Waals surface area contributed by atoms with Gasteiger partial charge < -0.3 is 25.7 Å². The standard InChI is InChI=1S/C47H58N4O7S.ClH/c1-6-37(7-2)50(27-28-51(47(3,4)5)40(52)25-26-41(53)54)30-33-11-10-12-35(29-33)43(55)49-45-42(38-13-8-9-14-39(38)59-45)44(56)48-36-23-19-32(20-24-36)16-15-31-17-21-34(22-18-31)46(57)58;/h10-12,17-24,29,37H,6-9,13-16,25-28,30H2,1-5H3,(H,48,56)(H,49,55)(H,53,54)(H,57,58);1H. The fourth-order valence-corrected chi connectivity index (χ4v) is 9.05. The predicted octanol–water partition coefficient (Wildman–Crippen LogP) is 9.52. The van der Waals surface area contributed by atoms with Crippen LogP contribution in [-0.4, -0.2) is 74.3 Å². The first-order valence-electron chi connectivity index (χ1n) is 20.7. The van der Waals surface area contributed by atoms with E-state index in [9.17, 15) is 24.0 Å². The van der Waals surface area contributed by atoms with Crippen molar-refractivity contribution in [3.8, 4) is 0 Å². The summed E-state index contributed by atoms with van der Waals surface area (Å²) in [4.78, 5) is 68.6. The van der Waals surface area contributed by atoms with Crippen LogP contribution >= 0.6 is 23.7 Å². The monoisotopic (exact) mass is 858 g/mol. The minimum atomic E-state index is -0.993. The van der Waals surface area contributed by atoms with Gasteiger partial charge in [-0.05, 0) is 131 Å². The average Bonchev–Trinajstić information content (AvgIpc) is 3.57. The Morgan fingerprint density at radius 1 is 0.750 bits per heavy atom. The van der Waals surface area contributed by atoms with Gasteiger partial charge in [-0.15, -0.1) is 23.7 Å². The number of rotatable bonds is 19. The first-order valence-corrected chi connectivity index (χ1v) is 21.5. The molecule has 11 nitrogen and oxygen atoms in total. The summed E-state index contributed by atoms with van der Waals surface area (Å²) >= 11 is 1.48. The molecular weight excluding hydrogens is 800 g/mol. The van der Waals surface area contributed by atoms with E-state index in [0.717, 1.165) is 78.5 Å². The maximum Gasteiger partial charge on any atom is 0.335 e. The second kappa shape index (κ2) is 22.0. The number of fused-ring (bicyclic) bond motifs is 1. The van der Waals surface area contributed by atoms with E-state index in [1.807, 2.05) is 75.4 Å². The largest absolute Gasteiger partial charge is 0.481 e. The van der Waals surface area contributed by atoms with Gasteiger partial charge in [-0.25, -0.2) is 4.79 Å². The van der Waals surface area contributed by atoms with Crippen molar-refractivity contribution in [2.24, 2.45) is 0 Å². The van der Waals surface area contributed by atoms with Crippen molar-refractivity contribution in [3.05, 3.63) is 117 Å². The molecule has 1 aromatic heterocycles. The third-order valence-corrected chi connectivity index (χ3v) is 12.3. The number of nitrogens with one attached hydrogen (secondary N) is 2. The number of carbonyl (C=O) groups excluding carboxylic acids is 3. The Hall–Kier alpha value is -5.04. The lowest BCUT2D eigenvalue weighted by Gasteiger charge is -2.39. The highest BCUT2D eigenvalue weighted by Crippen LogP contribution is 2.39. The topological polar surface area (TPSA) is 156 Å². The van der Waals surface area contributed by atoms with Gasteiger partial charge in [0.1, 0.15) is 5.00 Å². The van der Waals surface area contributed by atoms with Gasteiger partial charge in [0, 0.05) is 53.8 Å². The molecule has 322 valence electrons. The van der Waals surface area contributed by atoms with Crippen molar-refractivity contribution >= 4 is 64.1 Å². The number of carboxylic acid groups (broad SMARTS) is 2. The number of thiophene rings is 1. The van der Waals surface area contributed by atoms with Crippen LogP contribution in [-0.2, 0) is 41.8 Å². The second-order valence-electron chi connectivity index (χ2n) is 16.3. The number of halogens is 1. The van der Waals surface area contributed by atoms with E-state index in [2.05, 4.69) is 29.4 Å². The van der Waals surface area contributed by atoms with Crippen LogP contribution < -0.4 is 10.6 Å². The van der Waals surface area contributed by atoms with Gasteiger partial charge in [-0.1, -0.05) is 50.2 Å². The Morgan fingerprint density at radius 3 is 1.98 bits per heavy atom. The van der Waals surface area contributed by atoms with E-state index >= 15 is 0 Å². The van der Waals surface area contributed by atoms with Crippen LogP contribution in [0.5, 0.6) is 0 Å². The van der Waals surface area contributed by atoms with Gasteiger partial charge in [0.2, 0.25) is 5.91 Å². The van der Waals surface area contributed by atoms with Crippen molar-refractivity contribution in [3.63, 3.8) is 0 Å². The summed E-state index contributed by atoms with van der Waals surface area (Å²) in [6.07, 6.45) is 6.73. The van der Waals surface area contributed by atoms with Crippen LogP contribution in [0.4, 0.5) is 10.7 Å². The van der Waals surface area contributed by atoms with Gasteiger partial charge in [0.25, 0.3) is 11.8 Å². The molecule has 1 heterocycles. The Labute approximate surface area is 364 Å². The highest BCUT2D eigenvalue weighted by molar-refractivity contribution is 7.17. The summed E-state index contributed by atoms with van der Waals surface area (Å²) in [7, 11) is 0. The molecule has 0 saturated carbocycles. The van der Waals surface area contributed by atoms with E-state index < -0.39 is 17.5 Å². The van der Waals surface area contributed by atoms with E-state index in [4.69, 9.17) is 10.2 Å². The summed E-state index contributed by atoms with van der Waals surface area (Å²) in [5.41, 5.74) is 5.53. The van der Waals surface area contributed by atoms with Crippen molar-refractivity contribution in [2.45, 2.75) is 117 Å². The number of benzene rings is 3. The molecule has 0 radical (unpaired) electrons. The molecule has 4 aromatic rings. The highest BCUT2D eigenvalue weighted by Gasteiger charge is 2.29. The van der Waals surface area contributed by atoms with Gasteiger partial charge >= 0.3 is 11.9 Å². The molecule has 4 N–H and O–H groups in total. The fourth-order valence-electron chi connectivity index (χ4n) is 7.77. The lowest BCUT2D eigenvalue weighted by Crippen LogP contribution is -2.50. The summed E-state index contributed by atoms with van der Waals surface area (Å²) in [5, 5.41) is 25.0. The second-order valence-corrected chi connectivity index (χ2v) is 17.4. The molecular formula is C47H59ClN4O7S. The lowest BCUT2D eigenvalue weighted by molar-refractivity contribution is -0.143. The number of hydrogen-bond donors (Lipinski definition) is 4. The molecule has 13 heteroatoms. The summed E-state index contributed by atoms with van der Waals surface area (Å²) in [6, 6.07) is 22.4. The highest BCUT2D eigenvalue weighted by atomic mass is 35.5. The van der Waals surface area contributed by atoms with Gasteiger partial charge in [-0.2, -0.15) is 0 Å². The van der Waals surface area contributed by atoms with Crippen LogP contribution in [0.3, 0.4) is 0 Å². The normalized spacial score (nSPS) is 12.4. The number of carbonyl (C=O) groups is 5. The van der Waals surface area contributed by atoms with Crippen molar-refractivity contribution < 1.29 is 34.2 Å². The number of hydrogen-bond acceptors (Lipinski definition) is 7. The molecule has 0 fully saturated rings. The predicted molar refractivity (Wildman–Crippen MR) is 241 cm³/mol. The van der Waals surface area contributed by atoms with Crippen LogP contribution in [0.15, 0.2) is 72.8 Å². The Balaban J connectivity index is 0.00000794. The number of aryl methyl sites for hydroxylation is 3. The molecule has 5 rings (SSSR count). The molecule has 1 aliphatic carbocycles. The van der Waals surface area contributed by atoms with E-state index in [0.29, 0.717) is 41.4 Å². The maximum absolute atomic E-state index is 14.0. The van der Waals surface area contributed by atoms with Crippen LogP contribution in [0.2, 0.25) is 0 Å². The zero-order valence-corrected chi connectivity index (χ0v) is 37.0. The quantitative estimate of drug-likeness (QED) is 0.0727. The number of aliphatic carboxylic acids is 1. The molecule has 0 aliphatic heterocycles. The third kappa shape index (κ3) is 13.0. The molecule has 3 aromatic carbocycles. The third-order valence-electron chi connectivity index (χ3n) is 11.0. The first kappa shape index (κ1) is 47.6. The maximum atomic E-state index is 14.0. The summed E-state index contributed by atoms with van der Waals surface area (Å²) in [5.74, 6) is -2.67. The molecule has 1 aliphatic rings. The zero-order valence-electron chi connectivity index (χ0n) is 35.3. The van der Waals surface area contributed by atoms with Crippen LogP contribution in [0, 0.1) is 0 Å². The van der Waals surface area contributed by atoms with E-state index in [1.54, 1.807) is 23.1 Å². The number of amides is 3. The SMILES string of the molecule is CCC(CC)N(CCN(C(=O)CCC(=O)O)C(C)(C)C)Cc1cccc(C(=O)Nc2sc3c(c2C(=O)Nc2ccc(CCc4ccc(C(=O)O)cc4)cc2)CCCC3)c1.Cl. The molecule has 0 bridgehead atoms. The Bertz CT molecular complexity index is 2110. The molecule has 0 unspecified atom stereocenters. The number of nitrogens with zero attached hydrogens (tertiary/aromatic N) is 2. The zero-order chi connectivity index (χ0) is 42.7. The van der Waals surface area contributed by atoms with Gasteiger partial charge in [-0.3, -0.25) is 24.1 Å². The molecule has 0 atom stereocenters. The van der Waals surface area contributed by atoms with Crippen LogP contribution in [0.1, 0.15) is 131 Å². The van der Waals surface area contributed by atoms with Gasteiger partial charge in [0.05, 0.1) is 17.5 Å². The average molecular weight is 860 g/mol. The molecule has 60 heavy (non-hydrogen) atoms. The van der Waals surface area contributed by atoms with Crippen LogP contribution in [0.25, 0.3) is 0 Å². The Morgan fingerprint density at radius 2 is 1.38 bits per heavy atom. The molecule has 0 saturated heterocycles. The fraction of sp³-hybridized carbons (Fsp3) is 0.426. The minimum Gasteiger partial charge on any atom is -0.481 e. The van der Waals surface area contributed by atoms with Crippen molar-refractivity contribution in [1.29, 1.82) is 0 Å². The van der Waals surface area contributed by atoms with E-state index in [1.165, 1.54) is 11.3 Å². The number of anilines is 2. The van der Waals surface area contributed by atoms with Crippen molar-refractivity contribution in [2.75, 3.05) is 23.7 Å². The minimum absolute atomic E-state index is 0. The molecule has 3 amide bonds. The lowest BCUT2D eigenvalue weighted by atomic mass is 9.95. The molecule has 0 spiro atoms. The summed E-state index contributed by atoms with van der Waals surface area (Å²) in [6.45, 7) is 11.8. The van der Waals surface area contributed by atoms with Crippen molar-refractivity contribution in [1.82, 2.24) is 9.80 Å². The smallest absolute Gasteiger partial charge is 0.335 e. The summed E-state index contributed by atoms with van der Waals surface area (Å²) < 4.78 is 0. The number of carboxylic acids is 2. The first-order chi connectivity index (χ1) is 28.2.